The summed E-state index contributed by atoms with van der Waals surface area (Å²) in [5.41, 5.74) is 3.88. The van der Waals surface area contributed by atoms with Crippen molar-refractivity contribution >= 4 is 23.8 Å². The van der Waals surface area contributed by atoms with Crippen molar-refractivity contribution in [2.45, 2.75) is 76.7 Å². The van der Waals surface area contributed by atoms with E-state index in [0.717, 1.165) is 44.2 Å². The Labute approximate surface area is 173 Å². The number of hydrogen-bond acceptors (Lipinski definition) is 3. The Morgan fingerprint density at radius 1 is 1.14 bits per heavy atom. The monoisotopic (exact) mass is 396 g/mol. The Kier molecular flexibility index (Phi) is 5.18. The molecular weight excluding hydrogens is 364 g/mol. The van der Waals surface area contributed by atoms with Crippen LogP contribution < -0.4 is 5.32 Å². The van der Waals surface area contributed by atoms with Gasteiger partial charge in [0.25, 0.3) is 0 Å². The molecule has 2 fully saturated rings. The average molecular weight is 397 g/mol. The summed E-state index contributed by atoms with van der Waals surface area (Å²) in [6.45, 7) is 7.04. The number of ether oxygens (including phenoxy) is 1. The van der Waals surface area contributed by atoms with Crippen molar-refractivity contribution in [2.24, 2.45) is 0 Å². The zero-order chi connectivity index (χ0) is 20.6. The molecule has 156 valence electrons. The maximum absolute atomic E-state index is 12.9. The number of hydrogen-bond donors (Lipinski definition) is 1. The van der Waals surface area contributed by atoms with E-state index in [1.807, 2.05) is 32.9 Å². The van der Waals surface area contributed by atoms with E-state index in [0.29, 0.717) is 13.1 Å². The molecule has 1 aromatic carbocycles. The van der Waals surface area contributed by atoms with Crippen LogP contribution in [0.4, 0.5) is 10.5 Å². The van der Waals surface area contributed by atoms with E-state index in [1.54, 1.807) is 4.90 Å². The number of piperidine rings is 1. The molecule has 4 rings (SSSR count). The lowest BCUT2D eigenvalue weighted by atomic mass is 9.69. The number of nitrogens with one attached hydrogen (secondary N) is 1. The molecule has 2 amide bonds. The van der Waals surface area contributed by atoms with Crippen LogP contribution >= 0.6 is 0 Å². The fraction of sp³-hybridized carbons (Fsp3) is 0.583. The molecule has 29 heavy (non-hydrogen) atoms. The van der Waals surface area contributed by atoms with Crippen LogP contribution in [0.2, 0.25) is 0 Å². The van der Waals surface area contributed by atoms with Crippen molar-refractivity contribution in [3.63, 3.8) is 0 Å². The Balaban J connectivity index is 1.53. The minimum Gasteiger partial charge on any atom is -0.444 e. The molecule has 1 spiro atoms. The second kappa shape index (κ2) is 7.51. The van der Waals surface area contributed by atoms with Gasteiger partial charge in [-0.05, 0) is 63.6 Å². The summed E-state index contributed by atoms with van der Waals surface area (Å²) in [5.74, 6) is 0.179. The van der Waals surface area contributed by atoms with E-state index in [-0.39, 0.29) is 17.4 Å². The van der Waals surface area contributed by atoms with E-state index in [2.05, 4.69) is 17.5 Å². The summed E-state index contributed by atoms with van der Waals surface area (Å²) in [5, 5.41) is 3.14. The Morgan fingerprint density at radius 2 is 1.83 bits per heavy atom. The van der Waals surface area contributed by atoms with E-state index in [1.165, 1.54) is 23.1 Å². The third kappa shape index (κ3) is 3.92. The minimum absolute atomic E-state index is 0.179. The van der Waals surface area contributed by atoms with Crippen LogP contribution in [-0.2, 0) is 14.9 Å². The number of likely N-dealkylation sites (tertiary alicyclic amines) is 1. The van der Waals surface area contributed by atoms with E-state index in [9.17, 15) is 9.59 Å². The molecule has 2 aliphatic heterocycles. The molecule has 1 saturated heterocycles. The predicted molar refractivity (Wildman–Crippen MR) is 115 cm³/mol. The van der Waals surface area contributed by atoms with Gasteiger partial charge in [-0.3, -0.25) is 4.79 Å². The maximum atomic E-state index is 12.9. The topological polar surface area (TPSA) is 58.6 Å². The number of anilines is 1. The normalized spacial score (nSPS) is 21.0. The summed E-state index contributed by atoms with van der Waals surface area (Å²) >= 11 is 0. The molecule has 0 atom stereocenters. The predicted octanol–water partition coefficient (Wildman–Crippen LogP) is 5.25. The van der Waals surface area contributed by atoms with E-state index < -0.39 is 5.60 Å². The standard InChI is InChI=1S/C24H32N2O3/c1-23(2,3)29-22(28)26-14-10-17(11-15-26)16-18-8-7-9-19-20(18)24(21(27)25-19)12-5-4-6-13-24/h7-9,16H,4-6,10-15H2,1-3H3,(H,25,27). The van der Waals surface area contributed by atoms with Crippen molar-refractivity contribution in [3.8, 4) is 0 Å². The van der Waals surface area contributed by atoms with Gasteiger partial charge in [0, 0.05) is 18.8 Å². The Morgan fingerprint density at radius 3 is 2.48 bits per heavy atom. The molecule has 3 aliphatic rings. The molecule has 1 aromatic rings. The van der Waals surface area contributed by atoms with Gasteiger partial charge in [-0.25, -0.2) is 4.79 Å². The lowest BCUT2D eigenvalue weighted by molar-refractivity contribution is -0.121. The summed E-state index contributed by atoms with van der Waals surface area (Å²) in [6.07, 6.45) is 9.06. The summed E-state index contributed by atoms with van der Waals surface area (Å²) < 4.78 is 5.50. The largest absolute Gasteiger partial charge is 0.444 e. The molecule has 1 aliphatic carbocycles. The Bertz CT molecular complexity index is 834. The van der Waals surface area contributed by atoms with Gasteiger partial charge in [0.1, 0.15) is 5.60 Å². The highest BCUT2D eigenvalue weighted by Gasteiger charge is 2.48. The zero-order valence-electron chi connectivity index (χ0n) is 17.8. The van der Waals surface area contributed by atoms with Crippen molar-refractivity contribution in [3.05, 3.63) is 34.9 Å². The van der Waals surface area contributed by atoms with Crippen LogP contribution in [0, 0.1) is 0 Å². The van der Waals surface area contributed by atoms with Crippen LogP contribution in [0.5, 0.6) is 0 Å². The molecule has 0 bridgehead atoms. The number of fused-ring (bicyclic) bond motifs is 2. The van der Waals surface area contributed by atoms with Gasteiger partial charge < -0.3 is 15.0 Å². The summed E-state index contributed by atoms with van der Waals surface area (Å²) in [7, 11) is 0. The number of rotatable bonds is 1. The average Bonchev–Trinajstić information content (AvgIpc) is 2.94. The van der Waals surface area contributed by atoms with Gasteiger partial charge in [-0.2, -0.15) is 0 Å². The molecule has 5 nitrogen and oxygen atoms in total. The van der Waals surface area contributed by atoms with Crippen molar-refractivity contribution in [1.29, 1.82) is 0 Å². The fourth-order valence-electron chi connectivity index (χ4n) is 4.98. The van der Waals surface area contributed by atoms with Crippen molar-refractivity contribution < 1.29 is 14.3 Å². The first-order chi connectivity index (χ1) is 13.8. The lowest BCUT2D eigenvalue weighted by Gasteiger charge is -2.33. The number of amides is 2. The van der Waals surface area contributed by atoms with Gasteiger partial charge >= 0.3 is 6.09 Å². The van der Waals surface area contributed by atoms with Crippen LogP contribution in [0.25, 0.3) is 6.08 Å². The first kappa shape index (κ1) is 20.0. The molecule has 1 N–H and O–H groups in total. The maximum Gasteiger partial charge on any atom is 0.410 e. The van der Waals surface area contributed by atoms with Gasteiger partial charge in [0.2, 0.25) is 5.91 Å². The van der Waals surface area contributed by atoms with Crippen molar-refractivity contribution in [2.75, 3.05) is 18.4 Å². The third-order valence-corrected chi connectivity index (χ3v) is 6.38. The first-order valence-electron chi connectivity index (χ1n) is 10.9. The SMILES string of the molecule is CC(C)(C)OC(=O)N1CCC(=Cc2cccc3c2C2(CCCCC2)C(=O)N3)CC1. The van der Waals surface area contributed by atoms with Crippen LogP contribution in [-0.4, -0.2) is 35.6 Å². The van der Waals surface area contributed by atoms with Crippen LogP contribution in [0.3, 0.4) is 0 Å². The highest BCUT2D eigenvalue weighted by atomic mass is 16.6. The number of benzene rings is 1. The van der Waals surface area contributed by atoms with Gasteiger partial charge in [-0.15, -0.1) is 0 Å². The molecule has 0 radical (unpaired) electrons. The minimum atomic E-state index is -0.467. The Hall–Kier alpha value is -2.30. The zero-order valence-corrected chi connectivity index (χ0v) is 17.8. The van der Waals surface area contributed by atoms with Crippen LogP contribution in [0.1, 0.15) is 76.8 Å². The second-order valence-corrected chi connectivity index (χ2v) is 9.64. The number of nitrogens with zero attached hydrogens (tertiary/aromatic N) is 1. The molecule has 5 heteroatoms. The van der Waals surface area contributed by atoms with Gasteiger partial charge in [0.15, 0.2) is 0 Å². The number of carbonyl (C=O) groups is 2. The summed E-state index contributed by atoms with van der Waals surface area (Å²) in [6, 6.07) is 6.20. The highest BCUT2D eigenvalue weighted by molar-refractivity contribution is 6.07. The van der Waals surface area contributed by atoms with Crippen LogP contribution in [0.15, 0.2) is 23.8 Å². The molecule has 0 unspecified atom stereocenters. The third-order valence-electron chi connectivity index (χ3n) is 6.38. The molecule has 0 aromatic heterocycles. The quantitative estimate of drug-likeness (QED) is 0.705. The second-order valence-electron chi connectivity index (χ2n) is 9.64. The molecule has 1 saturated carbocycles. The fourth-order valence-corrected chi connectivity index (χ4v) is 4.98. The van der Waals surface area contributed by atoms with E-state index in [4.69, 9.17) is 4.74 Å². The lowest BCUT2D eigenvalue weighted by Crippen LogP contribution is -2.40. The highest BCUT2D eigenvalue weighted by Crippen LogP contribution is 2.49. The first-order valence-corrected chi connectivity index (χ1v) is 10.9. The van der Waals surface area contributed by atoms with Gasteiger partial charge in [0.05, 0.1) is 5.41 Å². The molecular formula is C24H32N2O3. The number of carbonyl (C=O) groups excluding carboxylic acids is 2. The summed E-state index contributed by atoms with van der Waals surface area (Å²) in [4.78, 5) is 27.0. The molecule has 2 heterocycles. The van der Waals surface area contributed by atoms with Gasteiger partial charge in [-0.1, -0.05) is 43.0 Å². The smallest absolute Gasteiger partial charge is 0.410 e. The van der Waals surface area contributed by atoms with Crippen molar-refractivity contribution in [1.82, 2.24) is 4.90 Å². The van der Waals surface area contributed by atoms with E-state index >= 15 is 0 Å².